The summed E-state index contributed by atoms with van der Waals surface area (Å²) in [5, 5.41) is 4.08. The van der Waals surface area contributed by atoms with E-state index in [1.54, 1.807) is 0 Å². The van der Waals surface area contributed by atoms with Gasteiger partial charge >= 0.3 is 0 Å². The van der Waals surface area contributed by atoms with Gasteiger partial charge in [-0.2, -0.15) is 0 Å². The van der Waals surface area contributed by atoms with Crippen molar-refractivity contribution in [3.63, 3.8) is 0 Å². The zero-order valence-electron chi connectivity index (χ0n) is 14.6. The van der Waals surface area contributed by atoms with Crippen molar-refractivity contribution in [3.05, 3.63) is 115 Å². The molecule has 0 nitrogen and oxygen atoms in total. The largest absolute Gasteiger partial charge is 0.105 e. The molecule has 0 heterocycles. The summed E-state index contributed by atoms with van der Waals surface area (Å²) in [7, 11) is 2.35. The molecule has 0 bridgehead atoms. The van der Waals surface area contributed by atoms with E-state index in [0.717, 1.165) is 6.42 Å². The van der Waals surface area contributed by atoms with Crippen molar-refractivity contribution in [2.45, 2.75) is 11.6 Å². The maximum Gasteiger partial charge on any atom is 0.0457 e. The van der Waals surface area contributed by atoms with Crippen LogP contribution in [0.4, 0.5) is 0 Å². The zero-order chi connectivity index (χ0) is 17.8. The predicted octanol–water partition coefficient (Wildman–Crippen LogP) is 5.03. The summed E-state index contributed by atoms with van der Waals surface area (Å²) in [6.45, 7) is 0. The van der Waals surface area contributed by atoms with Gasteiger partial charge in [0.2, 0.25) is 0 Å². The van der Waals surface area contributed by atoms with Crippen LogP contribution in [0.25, 0.3) is 0 Å². The number of hydrogen-bond donors (Lipinski definition) is 0. The summed E-state index contributed by atoms with van der Waals surface area (Å²) in [4.78, 5) is 0. The topological polar surface area (TPSA) is 0 Å². The standard InChI is InChI=1S/C24H22P2/c25-23-17-9-8-16-22(23)24(18-10-3-11-19-24)26(20-12-4-1-5-13-20)21-14-6-2-7-15-21/h1-18H,19,25H2. The van der Waals surface area contributed by atoms with Gasteiger partial charge in [0.05, 0.1) is 0 Å². The lowest BCUT2D eigenvalue weighted by molar-refractivity contribution is 0.774. The molecule has 2 atom stereocenters. The average Bonchev–Trinajstić information content (AvgIpc) is 2.71. The van der Waals surface area contributed by atoms with Gasteiger partial charge in [-0.1, -0.05) is 109 Å². The van der Waals surface area contributed by atoms with Crippen molar-refractivity contribution in [2.24, 2.45) is 0 Å². The SMILES string of the molecule is Pc1ccccc1C1(P(c2ccccc2)c2ccccc2)C=CC=CC1. The number of hydrogen-bond acceptors (Lipinski definition) is 0. The molecule has 0 fully saturated rings. The van der Waals surface area contributed by atoms with Crippen LogP contribution in [0, 0.1) is 0 Å². The van der Waals surface area contributed by atoms with Gasteiger partial charge < -0.3 is 0 Å². The van der Waals surface area contributed by atoms with Crippen molar-refractivity contribution in [1.82, 2.24) is 0 Å². The minimum absolute atomic E-state index is 0.0366. The Balaban J connectivity index is 1.98. The zero-order valence-corrected chi connectivity index (χ0v) is 16.7. The van der Waals surface area contributed by atoms with Gasteiger partial charge in [-0.25, -0.2) is 0 Å². The van der Waals surface area contributed by atoms with E-state index in [1.165, 1.54) is 21.5 Å². The third-order valence-electron chi connectivity index (χ3n) is 4.90. The first-order valence-electron chi connectivity index (χ1n) is 8.91. The summed E-state index contributed by atoms with van der Waals surface area (Å²) >= 11 is 0. The van der Waals surface area contributed by atoms with Gasteiger partial charge in [0, 0.05) is 5.16 Å². The Kier molecular flexibility index (Phi) is 5.16. The van der Waals surface area contributed by atoms with E-state index in [-0.39, 0.29) is 5.16 Å². The fraction of sp³-hybridized carbons (Fsp3) is 0.0833. The lowest BCUT2D eigenvalue weighted by Gasteiger charge is -2.41. The van der Waals surface area contributed by atoms with Crippen LogP contribution in [0.2, 0.25) is 0 Å². The molecule has 0 aliphatic heterocycles. The van der Waals surface area contributed by atoms with Crippen LogP contribution in [0.3, 0.4) is 0 Å². The predicted molar refractivity (Wildman–Crippen MR) is 119 cm³/mol. The highest BCUT2D eigenvalue weighted by molar-refractivity contribution is 7.74. The van der Waals surface area contributed by atoms with Gasteiger partial charge in [0.25, 0.3) is 0 Å². The maximum absolute atomic E-state index is 2.95. The Morgan fingerprint density at radius 2 is 1.27 bits per heavy atom. The molecule has 2 unspecified atom stereocenters. The van der Waals surface area contributed by atoms with Crippen LogP contribution < -0.4 is 15.9 Å². The molecule has 26 heavy (non-hydrogen) atoms. The van der Waals surface area contributed by atoms with Crippen LogP contribution in [0.5, 0.6) is 0 Å². The Morgan fingerprint density at radius 3 is 1.81 bits per heavy atom. The van der Waals surface area contributed by atoms with Crippen LogP contribution in [-0.2, 0) is 5.16 Å². The molecule has 0 N–H and O–H groups in total. The molecule has 0 amide bonds. The summed E-state index contributed by atoms with van der Waals surface area (Å²) in [5.74, 6) is 0. The van der Waals surface area contributed by atoms with Gasteiger partial charge in [-0.05, 0) is 35.8 Å². The van der Waals surface area contributed by atoms with Crippen molar-refractivity contribution >= 4 is 33.1 Å². The minimum atomic E-state index is -0.597. The highest BCUT2D eigenvalue weighted by atomic mass is 31.1. The molecule has 0 saturated heterocycles. The Bertz CT molecular complexity index is 889. The molecule has 0 saturated carbocycles. The maximum atomic E-state index is 2.95. The normalized spacial score (nSPS) is 19.0. The fourth-order valence-corrected chi connectivity index (χ4v) is 7.46. The van der Waals surface area contributed by atoms with E-state index in [4.69, 9.17) is 0 Å². The van der Waals surface area contributed by atoms with E-state index in [1.807, 2.05) is 0 Å². The van der Waals surface area contributed by atoms with E-state index in [2.05, 4.69) is 118 Å². The highest BCUT2D eigenvalue weighted by Gasteiger charge is 2.40. The Labute approximate surface area is 159 Å². The van der Waals surface area contributed by atoms with Crippen LogP contribution >= 0.6 is 17.2 Å². The van der Waals surface area contributed by atoms with Crippen molar-refractivity contribution < 1.29 is 0 Å². The third-order valence-corrected chi connectivity index (χ3v) is 8.41. The minimum Gasteiger partial charge on any atom is -0.105 e. The van der Waals surface area contributed by atoms with Crippen LogP contribution in [-0.4, -0.2) is 0 Å². The molecule has 0 spiro atoms. The molecule has 0 radical (unpaired) electrons. The first-order chi connectivity index (χ1) is 12.8. The molecule has 4 rings (SSSR count). The molecule has 0 aromatic heterocycles. The van der Waals surface area contributed by atoms with E-state index < -0.39 is 7.92 Å². The monoisotopic (exact) mass is 372 g/mol. The summed E-state index contributed by atoms with van der Waals surface area (Å²) < 4.78 is 0. The lowest BCUT2D eigenvalue weighted by atomic mass is 9.91. The van der Waals surface area contributed by atoms with Gasteiger partial charge in [0.15, 0.2) is 0 Å². The highest BCUT2D eigenvalue weighted by Crippen LogP contribution is 2.58. The van der Waals surface area contributed by atoms with E-state index in [0.29, 0.717) is 0 Å². The number of rotatable bonds is 4. The molecular formula is C24H22P2. The first-order valence-corrected chi connectivity index (χ1v) is 10.8. The quantitative estimate of drug-likeness (QED) is 0.564. The number of allylic oxidation sites excluding steroid dienone is 4. The molecule has 1 aliphatic rings. The third kappa shape index (κ3) is 3.21. The lowest BCUT2D eigenvalue weighted by Crippen LogP contribution is -2.34. The second-order valence-electron chi connectivity index (χ2n) is 6.51. The van der Waals surface area contributed by atoms with Gasteiger partial charge in [0.1, 0.15) is 0 Å². The Morgan fingerprint density at radius 1 is 0.692 bits per heavy atom. The molecule has 1 aliphatic carbocycles. The molecule has 3 aromatic carbocycles. The first kappa shape index (κ1) is 17.4. The molecule has 2 heteroatoms. The molecular weight excluding hydrogens is 350 g/mol. The second-order valence-corrected chi connectivity index (χ2v) is 9.63. The van der Waals surface area contributed by atoms with Crippen molar-refractivity contribution in [1.29, 1.82) is 0 Å². The Hall–Kier alpha value is -2.00. The summed E-state index contributed by atoms with van der Waals surface area (Å²) in [6.07, 6.45) is 10.2. The summed E-state index contributed by atoms with van der Waals surface area (Å²) in [6, 6.07) is 30.8. The van der Waals surface area contributed by atoms with Crippen LogP contribution in [0.15, 0.2) is 109 Å². The molecule has 3 aromatic rings. The molecule has 128 valence electrons. The van der Waals surface area contributed by atoms with Gasteiger partial charge in [-0.3, -0.25) is 0 Å². The number of benzene rings is 3. The second kappa shape index (κ2) is 7.71. The average molecular weight is 372 g/mol. The van der Waals surface area contributed by atoms with Gasteiger partial charge in [-0.15, -0.1) is 9.24 Å². The van der Waals surface area contributed by atoms with E-state index in [9.17, 15) is 0 Å². The van der Waals surface area contributed by atoms with E-state index >= 15 is 0 Å². The van der Waals surface area contributed by atoms with Crippen molar-refractivity contribution in [3.8, 4) is 0 Å². The summed E-state index contributed by atoms with van der Waals surface area (Å²) in [5.41, 5.74) is 1.41. The fourth-order valence-electron chi connectivity index (χ4n) is 3.75. The van der Waals surface area contributed by atoms with Crippen molar-refractivity contribution in [2.75, 3.05) is 0 Å². The van der Waals surface area contributed by atoms with Crippen LogP contribution in [0.1, 0.15) is 12.0 Å². The smallest absolute Gasteiger partial charge is 0.0457 e.